The topological polar surface area (TPSA) is 116 Å². The molecule has 0 rings (SSSR count). The molecule has 0 fully saturated rings. The van der Waals surface area contributed by atoms with Crippen molar-refractivity contribution in [3.63, 3.8) is 0 Å². The van der Waals surface area contributed by atoms with Gasteiger partial charge in [0, 0.05) is 39.1 Å². The summed E-state index contributed by atoms with van der Waals surface area (Å²) in [5.74, 6) is -0.210. The highest BCUT2D eigenvalue weighted by molar-refractivity contribution is 5.69. The van der Waals surface area contributed by atoms with E-state index in [1.807, 2.05) is 0 Å². The molecule has 0 aliphatic rings. The highest BCUT2D eigenvalue weighted by Gasteiger charge is 2.22. The normalized spacial score (nSPS) is 14.6. The summed E-state index contributed by atoms with van der Waals surface area (Å²) in [6.07, 6.45) is 11.9. The van der Waals surface area contributed by atoms with Crippen LogP contribution < -0.4 is 0 Å². The van der Waals surface area contributed by atoms with Gasteiger partial charge in [-0.05, 0) is 38.5 Å². The lowest BCUT2D eigenvalue weighted by molar-refractivity contribution is -0.144. The lowest BCUT2D eigenvalue weighted by Crippen LogP contribution is -2.33. The number of esters is 1. The van der Waals surface area contributed by atoms with E-state index in [1.54, 1.807) is 0 Å². The van der Waals surface area contributed by atoms with E-state index in [0.29, 0.717) is 45.1 Å². The molecule has 0 heterocycles. The largest absolute Gasteiger partial charge is 0.466 e. The quantitative estimate of drug-likeness (QED) is 0.115. The summed E-state index contributed by atoms with van der Waals surface area (Å²) in [5.41, 5.74) is 0. The first-order chi connectivity index (χ1) is 15.0. The molecule has 4 N–H and O–H groups in total. The fourth-order valence-electron chi connectivity index (χ4n) is 3.28. The molecule has 3 unspecified atom stereocenters. The third kappa shape index (κ3) is 19.4. The van der Waals surface area contributed by atoms with Crippen molar-refractivity contribution < 1.29 is 34.7 Å². The van der Waals surface area contributed by atoms with Crippen LogP contribution in [0.15, 0.2) is 12.2 Å². The lowest BCUT2D eigenvalue weighted by Gasteiger charge is -2.25. The van der Waals surface area contributed by atoms with Gasteiger partial charge in [-0.2, -0.15) is 0 Å². The van der Waals surface area contributed by atoms with Gasteiger partial charge < -0.3 is 29.9 Å². The van der Waals surface area contributed by atoms with Crippen LogP contribution >= 0.6 is 0 Å². The Kier molecular flexibility index (Phi) is 21.5. The van der Waals surface area contributed by atoms with E-state index in [1.165, 1.54) is 0 Å². The summed E-state index contributed by atoms with van der Waals surface area (Å²) in [5, 5.41) is 38.4. The molecule has 7 nitrogen and oxygen atoms in total. The second kappa shape index (κ2) is 22.2. The van der Waals surface area contributed by atoms with E-state index in [9.17, 15) is 15.0 Å². The first kappa shape index (κ1) is 30.0. The zero-order valence-electron chi connectivity index (χ0n) is 19.4. The molecule has 0 aromatic rings. The Balaban J connectivity index is 4.07. The fourth-order valence-corrected chi connectivity index (χ4v) is 3.28. The molecule has 0 aliphatic heterocycles. The summed E-state index contributed by atoms with van der Waals surface area (Å²) in [7, 11) is 0. The maximum atomic E-state index is 11.5. The van der Waals surface area contributed by atoms with Gasteiger partial charge in [0.1, 0.15) is 0 Å². The number of hydrogen-bond acceptors (Lipinski definition) is 7. The molecule has 0 aromatic heterocycles. The molecule has 31 heavy (non-hydrogen) atoms. The molecule has 0 saturated carbocycles. The molecule has 184 valence electrons. The van der Waals surface area contributed by atoms with Crippen LogP contribution in [0.5, 0.6) is 0 Å². The Hall–Kier alpha value is -0.990. The number of ether oxygens (including phenoxy) is 2. The number of aliphatic hydroxyl groups excluding tert-OH is 4. The average Bonchev–Trinajstić information content (AvgIpc) is 2.75. The Morgan fingerprint density at radius 2 is 1.55 bits per heavy atom. The number of allylic oxidation sites excluding steroid dienone is 2. The smallest absolute Gasteiger partial charge is 0.305 e. The van der Waals surface area contributed by atoms with Crippen molar-refractivity contribution in [2.45, 2.75) is 109 Å². The molecule has 0 bridgehead atoms. The third-order valence-corrected chi connectivity index (χ3v) is 5.08. The zero-order chi connectivity index (χ0) is 23.2. The minimum atomic E-state index is -0.725. The number of unbranched alkanes of at least 4 members (excludes halogenated alkanes) is 4. The van der Waals surface area contributed by atoms with E-state index in [4.69, 9.17) is 19.7 Å². The first-order valence-electron chi connectivity index (χ1n) is 12.0. The van der Waals surface area contributed by atoms with E-state index >= 15 is 0 Å². The van der Waals surface area contributed by atoms with E-state index in [-0.39, 0.29) is 31.9 Å². The van der Waals surface area contributed by atoms with Crippen LogP contribution in [0.4, 0.5) is 0 Å². The predicted molar refractivity (Wildman–Crippen MR) is 122 cm³/mol. The second-order valence-electron chi connectivity index (χ2n) is 8.00. The number of carbonyl (C=O) groups excluding carboxylic acids is 1. The highest BCUT2D eigenvalue weighted by Crippen LogP contribution is 2.18. The monoisotopic (exact) mass is 446 g/mol. The van der Waals surface area contributed by atoms with E-state index in [0.717, 1.165) is 44.9 Å². The molecular weight excluding hydrogens is 400 g/mol. The predicted octanol–water partition coefficient (Wildman–Crippen LogP) is 3.27. The van der Waals surface area contributed by atoms with Crippen molar-refractivity contribution in [2.75, 3.05) is 26.4 Å². The van der Waals surface area contributed by atoms with Crippen LogP contribution in [0.1, 0.15) is 90.4 Å². The molecule has 7 heteroatoms. The van der Waals surface area contributed by atoms with Gasteiger partial charge in [0.15, 0.2) is 0 Å². The summed E-state index contributed by atoms with van der Waals surface area (Å²) in [6, 6.07) is 0. The SMILES string of the molecule is CC/C=C/CCC(O)CC(O)C(CCCCCCCC(=O)OCCCO)OCCCO. The standard InChI is InChI=1S/C24H46O7/c1-2-3-4-8-13-21(27)20-22(28)23(30-18-11-16-25)14-9-6-5-7-10-15-24(29)31-19-12-17-26/h3-4,21-23,25-28H,2,5-20H2,1H3/b4-3+. The highest BCUT2D eigenvalue weighted by atomic mass is 16.5. The minimum Gasteiger partial charge on any atom is -0.466 e. The molecule has 0 saturated heterocycles. The maximum Gasteiger partial charge on any atom is 0.305 e. The van der Waals surface area contributed by atoms with Gasteiger partial charge in [-0.25, -0.2) is 0 Å². The van der Waals surface area contributed by atoms with Crippen molar-refractivity contribution in [2.24, 2.45) is 0 Å². The van der Waals surface area contributed by atoms with E-state index in [2.05, 4.69) is 19.1 Å². The van der Waals surface area contributed by atoms with Gasteiger partial charge >= 0.3 is 5.97 Å². The lowest BCUT2D eigenvalue weighted by atomic mass is 9.98. The van der Waals surface area contributed by atoms with Crippen LogP contribution in [-0.4, -0.2) is 71.1 Å². The molecule has 0 amide bonds. The molecular formula is C24H46O7. The molecule has 0 aromatic carbocycles. The Bertz CT molecular complexity index is 428. The Morgan fingerprint density at radius 3 is 2.26 bits per heavy atom. The number of rotatable bonds is 22. The Labute approximate surface area is 188 Å². The van der Waals surface area contributed by atoms with Crippen molar-refractivity contribution in [3.05, 3.63) is 12.2 Å². The van der Waals surface area contributed by atoms with Gasteiger partial charge in [0.05, 0.1) is 24.9 Å². The molecule has 0 aliphatic carbocycles. The van der Waals surface area contributed by atoms with Gasteiger partial charge in [-0.3, -0.25) is 4.79 Å². The van der Waals surface area contributed by atoms with E-state index < -0.39 is 12.2 Å². The van der Waals surface area contributed by atoms with Gasteiger partial charge in [0.2, 0.25) is 0 Å². The van der Waals surface area contributed by atoms with Crippen molar-refractivity contribution in [3.8, 4) is 0 Å². The van der Waals surface area contributed by atoms with Crippen LogP contribution in [0.25, 0.3) is 0 Å². The number of aliphatic hydroxyl groups is 4. The minimum absolute atomic E-state index is 0.0297. The van der Waals surface area contributed by atoms with Gasteiger partial charge in [-0.15, -0.1) is 0 Å². The van der Waals surface area contributed by atoms with Crippen molar-refractivity contribution in [1.82, 2.24) is 0 Å². The molecule has 3 atom stereocenters. The number of hydrogen-bond donors (Lipinski definition) is 4. The first-order valence-corrected chi connectivity index (χ1v) is 12.0. The summed E-state index contributed by atoms with van der Waals surface area (Å²) in [4.78, 5) is 11.5. The fraction of sp³-hybridized carbons (Fsp3) is 0.875. The summed E-state index contributed by atoms with van der Waals surface area (Å²) < 4.78 is 10.8. The van der Waals surface area contributed by atoms with Gasteiger partial charge in [-0.1, -0.05) is 44.8 Å². The third-order valence-electron chi connectivity index (χ3n) is 5.08. The number of carbonyl (C=O) groups is 1. The molecule has 0 spiro atoms. The van der Waals surface area contributed by atoms with Crippen molar-refractivity contribution >= 4 is 5.97 Å². The average molecular weight is 447 g/mol. The van der Waals surface area contributed by atoms with Crippen LogP contribution in [0.2, 0.25) is 0 Å². The Morgan fingerprint density at radius 1 is 0.871 bits per heavy atom. The van der Waals surface area contributed by atoms with Crippen molar-refractivity contribution in [1.29, 1.82) is 0 Å². The maximum absolute atomic E-state index is 11.5. The van der Waals surface area contributed by atoms with Crippen LogP contribution in [-0.2, 0) is 14.3 Å². The summed E-state index contributed by atoms with van der Waals surface area (Å²) in [6.45, 7) is 2.82. The summed E-state index contributed by atoms with van der Waals surface area (Å²) >= 11 is 0. The van der Waals surface area contributed by atoms with Crippen LogP contribution in [0.3, 0.4) is 0 Å². The van der Waals surface area contributed by atoms with Crippen LogP contribution in [0, 0.1) is 0 Å². The zero-order valence-corrected chi connectivity index (χ0v) is 19.4. The van der Waals surface area contributed by atoms with Gasteiger partial charge in [0.25, 0.3) is 0 Å². The second-order valence-corrected chi connectivity index (χ2v) is 8.00. The molecule has 0 radical (unpaired) electrons.